The van der Waals surface area contributed by atoms with Crippen molar-refractivity contribution in [2.24, 2.45) is 0 Å². The molecule has 0 bridgehead atoms. The minimum atomic E-state index is 0.213. The van der Waals surface area contributed by atoms with Crippen LogP contribution in [0.1, 0.15) is 42.1 Å². The molecule has 2 aromatic rings. The van der Waals surface area contributed by atoms with Gasteiger partial charge in [0.15, 0.2) is 0 Å². The summed E-state index contributed by atoms with van der Waals surface area (Å²) in [5.74, 6) is 0.930. The van der Waals surface area contributed by atoms with E-state index in [9.17, 15) is 0 Å². The van der Waals surface area contributed by atoms with Gasteiger partial charge in [-0.25, -0.2) is 0 Å². The maximum Gasteiger partial charge on any atom is 0.119 e. The molecule has 1 unspecified atom stereocenters. The number of rotatable bonds is 6. The van der Waals surface area contributed by atoms with Crippen LogP contribution in [0, 0.1) is 0 Å². The van der Waals surface area contributed by atoms with E-state index in [0.717, 1.165) is 12.2 Å². The highest BCUT2D eigenvalue weighted by molar-refractivity contribution is 7.12. The Morgan fingerprint density at radius 3 is 2.30 bits per heavy atom. The minimum absolute atomic E-state index is 0.213. The molecule has 1 heterocycles. The molecular formula is C17H23NOS. The van der Waals surface area contributed by atoms with Crippen molar-refractivity contribution in [3.05, 3.63) is 51.7 Å². The molecule has 0 amide bonds. The van der Waals surface area contributed by atoms with Crippen LogP contribution < -0.4 is 10.1 Å². The molecule has 0 radical (unpaired) electrons. The Morgan fingerprint density at radius 1 is 1.10 bits per heavy atom. The van der Waals surface area contributed by atoms with Crippen LogP contribution in [0.5, 0.6) is 5.75 Å². The number of nitrogens with one attached hydrogen (secondary N) is 1. The van der Waals surface area contributed by atoms with Crippen molar-refractivity contribution in [2.75, 3.05) is 7.05 Å². The number of thiophene rings is 1. The van der Waals surface area contributed by atoms with E-state index in [2.05, 4.69) is 36.5 Å². The lowest BCUT2D eigenvalue weighted by Gasteiger charge is -2.16. The summed E-state index contributed by atoms with van der Waals surface area (Å²) in [5.41, 5.74) is 1.27. The van der Waals surface area contributed by atoms with Gasteiger partial charge in [0.2, 0.25) is 0 Å². The molecule has 0 fully saturated rings. The second-order valence-corrected chi connectivity index (χ2v) is 6.31. The van der Waals surface area contributed by atoms with Crippen molar-refractivity contribution >= 4 is 11.3 Å². The van der Waals surface area contributed by atoms with Crippen molar-refractivity contribution < 1.29 is 4.74 Å². The molecular weight excluding hydrogens is 266 g/mol. The first kappa shape index (κ1) is 15.1. The highest BCUT2D eigenvalue weighted by Crippen LogP contribution is 2.29. The Hall–Kier alpha value is -1.32. The average Bonchev–Trinajstić information content (AvgIpc) is 2.90. The van der Waals surface area contributed by atoms with Gasteiger partial charge in [-0.05, 0) is 57.1 Å². The molecule has 1 aromatic carbocycles. The summed E-state index contributed by atoms with van der Waals surface area (Å²) in [5, 5.41) is 3.40. The number of aryl methyl sites for hydroxylation is 1. The first-order valence-corrected chi connectivity index (χ1v) is 7.98. The van der Waals surface area contributed by atoms with Gasteiger partial charge in [0.1, 0.15) is 5.75 Å². The molecule has 3 heteroatoms. The summed E-state index contributed by atoms with van der Waals surface area (Å²) in [6, 6.07) is 13.1. The largest absolute Gasteiger partial charge is 0.491 e. The van der Waals surface area contributed by atoms with Crippen molar-refractivity contribution in [2.45, 2.75) is 39.3 Å². The maximum absolute atomic E-state index is 5.69. The third-order valence-corrected chi connectivity index (χ3v) is 4.48. The number of ether oxygens (including phenoxy) is 1. The lowest BCUT2D eigenvalue weighted by Crippen LogP contribution is -2.16. The summed E-state index contributed by atoms with van der Waals surface area (Å²) in [7, 11) is 2.01. The van der Waals surface area contributed by atoms with Crippen LogP contribution in [0.3, 0.4) is 0 Å². The van der Waals surface area contributed by atoms with E-state index in [1.165, 1.54) is 15.3 Å². The summed E-state index contributed by atoms with van der Waals surface area (Å²) in [6.45, 7) is 6.28. The van der Waals surface area contributed by atoms with Gasteiger partial charge in [0.05, 0.1) is 12.1 Å². The SMILES string of the molecule is CCc1ccc(C(NC)c2ccc(OC(C)C)cc2)s1. The van der Waals surface area contributed by atoms with E-state index in [-0.39, 0.29) is 12.1 Å². The van der Waals surface area contributed by atoms with Crippen LogP contribution in [-0.2, 0) is 6.42 Å². The van der Waals surface area contributed by atoms with Crippen LogP contribution in [0.4, 0.5) is 0 Å². The second kappa shape index (κ2) is 6.91. The Labute approximate surface area is 125 Å². The van der Waals surface area contributed by atoms with Crippen LogP contribution >= 0.6 is 11.3 Å². The van der Waals surface area contributed by atoms with Gasteiger partial charge >= 0.3 is 0 Å². The molecule has 0 saturated heterocycles. The van der Waals surface area contributed by atoms with Gasteiger partial charge in [-0.2, -0.15) is 0 Å². The average molecular weight is 289 g/mol. The molecule has 1 N–H and O–H groups in total. The molecule has 108 valence electrons. The van der Waals surface area contributed by atoms with Crippen molar-refractivity contribution in [1.29, 1.82) is 0 Å². The number of hydrogen-bond donors (Lipinski definition) is 1. The van der Waals surface area contributed by atoms with Crippen molar-refractivity contribution in [3.63, 3.8) is 0 Å². The van der Waals surface area contributed by atoms with Crippen LogP contribution in [0.2, 0.25) is 0 Å². The molecule has 0 aliphatic rings. The predicted molar refractivity (Wildman–Crippen MR) is 86.8 cm³/mol. The zero-order valence-electron chi connectivity index (χ0n) is 12.6. The fourth-order valence-corrected chi connectivity index (χ4v) is 3.31. The van der Waals surface area contributed by atoms with Crippen molar-refractivity contribution in [1.82, 2.24) is 5.32 Å². The fourth-order valence-electron chi connectivity index (χ4n) is 2.22. The molecule has 0 aliphatic carbocycles. The van der Waals surface area contributed by atoms with E-state index >= 15 is 0 Å². The van der Waals surface area contributed by atoms with E-state index in [1.54, 1.807) is 0 Å². The number of benzene rings is 1. The van der Waals surface area contributed by atoms with Gasteiger partial charge in [0.25, 0.3) is 0 Å². The van der Waals surface area contributed by atoms with E-state index in [1.807, 2.05) is 44.4 Å². The van der Waals surface area contributed by atoms with E-state index < -0.39 is 0 Å². The lowest BCUT2D eigenvalue weighted by molar-refractivity contribution is 0.242. The van der Waals surface area contributed by atoms with Crippen molar-refractivity contribution in [3.8, 4) is 5.75 Å². The summed E-state index contributed by atoms with van der Waals surface area (Å²) < 4.78 is 5.69. The Balaban J connectivity index is 2.18. The Bertz CT molecular complexity index is 530. The van der Waals surface area contributed by atoms with Gasteiger partial charge < -0.3 is 10.1 Å². The first-order chi connectivity index (χ1) is 9.63. The van der Waals surface area contributed by atoms with Crippen LogP contribution in [0.25, 0.3) is 0 Å². The quantitative estimate of drug-likeness (QED) is 0.850. The molecule has 0 saturated carbocycles. The Kier molecular flexibility index (Phi) is 5.21. The third-order valence-electron chi connectivity index (χ3n) is 3.19. The van der Waals surface area contributed by atoms with E-state index in [4.69, 9.17) is 4.74 Å². The normalized spacial score (nSPS) is 12.7. The molecule has 20 heavy (non-hydrogen) atoms. The molecule has 2 rings (SSSR count). The van der Waals surface area contributed by atoms with Gasteiger partial charge in [-0.1, -0.05) is 19.1 Å². The molecule has 1 aromatic heterocycles. The standard InChI is InChI=1S/C17H23NOS/c1-5-15-10-11-16(20-15)17(18-4)13-6-8-14(9-7-13)19-12(2)3/h6-12,17-18H,5H2,1-4H3. The first-order valence-electron chi connectivity index (χ1n) is 7.16. The van der Waals surface area contributed by atoms with Gasteiger partial charge in [-0.3, -0.25) is 0 Å². The third kappa shape index (κ3) is 3.62. The molecule has 1 atom stereocenters. The topological polar surface area (TPSA) is 21.3 Å². The minimum Gasteiger partial charge on any atom is -0.491 e. The highest BCUT2D eigenvalue weighted by atomic mass is 32.1. The fraction of sp³-hybridized carbons (Fsp3) is 0.412. The smallest absolute Gasteiger partial charge is 0.119 e. The zero-order valence-corrected chi connectivity index (χ0v) is 13.5. The second-order valence-electron chi connectivity index (χ2n) is 5.11. The summed E-state index contributed by atoms with van der Waals surface area (Å²) in [6.07, 6.45) is 1.31. The van der Waals surface area contributed by atoms with Gasteiger partial charge in [0, 0.05) is 9.75 Å². The van der Waals surface area contributed by atoms with Crippen LogP contribution in [0.15, 0.2) is 36.4 Å². The highest BCUT2D eigenvalue weighted by Gasteiger charge is 2.14. The van der Waals surface area contributed by atoms with Crippen LogP contribution in [-0.4, -0.2) is 13.2 Å². The monoisotopic (exact) mass is 289 g/mol. The predicted octanol–water partition coefficient (Wildman–Crippen LogP) is 4.41. The molecule has 0 spiro atoms. The number of hydrogen-bond acceptors (Lipinski definition) is 3. The Morgan fingerprint density at radius 2 is 1.80 bits per heavy atom. The van der Waals surface area contributed by atoms with Gasteiger partial charge in [-0.15, -0.1) is 11.3 Å². The van der Waals surface area contributed by atoms with E-state index in [0.29, 0.717) is 0 Å². The summed E-state index contributed by atoms with van der Waals surface area (Å²) >= 11 is 1.88. The summed E-state index contributed by atoms with van der Waals surface area (Å²) in [4.78, 5) is 2.79. The maximum atomic E-state index is 5.69. The molecule has 2 nitrogen and oxygen atoms in total. The molecule has 0 aliphatic heterocycles. The lowest BCUT2D eigenvalue weighted by atomic mass is 10.1. The zero-order chi connectivity index (χ0) is 14.5.